The molecule has 2 rings (SSSR count). The van der Waals surface area contributed by atoms with E-state index in [0.29, 0.717) is 12.0 Å². The highest BCUT2D eigenvalue weighted by molar-refractivity contribution is 5.81. The summed E-state index contributed by atoms with van der Waals surface area (Å²) in [6.07, 6.45) is 4.13. The maximum absolute atomic E-state index is 8.06. The zero-order valence-electron chi connectivity index (χ0n) is 9.36. The van der Waals surface area contributed by atoms with Crippen molar-refractivity contribution in [2.45, 2.75) is 39.3 Å². The Morgan fingerprint density at radius 3 is 2.80 bits per heavy atom. The fourth-order valence-electron chi connectivity index (χ4n) is 1.70. The Labute approximate surface area is 90.6 Å². The summed E-state index contributed by atoms with van der Waals surface area (Å²) in [7, 11) is 0. The number of nitrogens with zero attached hydrogens (tertiary/aromatic N) is 1. The Morgan fingerprint density at radius 1 is 1.60 bits per heavy atom. The molecule has 0 aliphatic heterocycles. The molecule has 0 amide bonds. The van der Waals surface area contributed by atoms with Gasteiger partial charge in [-0.2, -0.15) is 0 Å². The fourth-order valence-corrected chi connectivity index (χ4v) is 1.70. The number of nitrogens with one attached hydrogen (secondary N) is 1. The van der Waals surface area contributed by atoms with E-state index in [1.807, 2.05) is 12.1 Å². The molecular formula is C12H18N2O. The molecule has 3 nitrogen and oxygen atoms in total. The van der Waals surface area contributed by atoms with Gasteiger partial charge in [-0.15, -0.1) is 0 Å². The van der Waals surface area contributed by atoms with Crippen LogP contribution in [-0.4, -0.2) is 16.8 Å². The average molecular weight is 206 g/mol. The highest BCUT2D eigenvalue weighted by atomic mass is 16.3. The summed E-state index contributed by atoms with van der Waals surface area (Å²) in [5, 5.41) is 8.06. The molecule has 15 heavy (non-hydrogen) atoms. The molecule has 0 atom stereocenters. The second-order valence-corrected chi connectivity index (χ2v) is 4.48. The Morgan fingerprint density at radius 2 is 2.33 bits per heavy atom. The number of hydrogen-bond acceptors (Lipinski definition) is 2. The third kappa shape index (κ3) is 2.41. The summed E-state index contributed by atoms with van der Waals surface area (Å²) >= 11 is 0. The lowest BCUT2D eigenvalue weighted by atomic mass is 10.1. The lowest BCUT2D eigenvalue weighted by molar-refractivity contribution is 0.338. The predicted molar refractivity (Wildman–Crippen MR) is 59.8 cm³/mol. The molecule has 1 aliphatic carbocycles. The quantitative estimate of drug-likeness (QED) is 0.608. The Kier molecular flexibility index (Phi) is 2.80. The SMILES string of the molecule is CC(C)C(=N)N(Cc1ccco1)C1CC1. The molecule has 3 heteroatoms. The van der Waals surface area contributed by atoms with Crippen molar-refractivity contribution < 1.29 is 4.42 Å². The second kappa shape index (κ2) is 4.09. The zero-order valence-corrected chi connectivity index (χ0v) is 9.36. The molecule has 1 N–H and O–H groups in total. The van der Waals surface area contributed by atoms with Crippen molar-refractivity contribution in [2.24, 2.45) is 5.92 Å². The first-order valence-corrected chi connectivity index (χ1v) is 5.56. The van der Waals surface area contributed by atoms with Crippen LogP contribution in [0.3, 0.4) is 0 Å². The van der Waals surface area contributed by atoms with Crippen LogP contribution in [-0.2, 0) is 6.54 Å². The molecule has 0 bridgehead atoms. The van der Waals surface area contributed by atoms with E-state index in [0.717, 1.165) is 18.1 Å². The van der Waals surface area contributed by atoms with Gasteiger partial charge in [-0.1, -0.05) is 13.8 Å². The molecule has 0 aromatic carbocycles. The van der Waals surface area contributed by atoms with E-state index >= 15 is 0 Å². The van der Waals surface area contributed by atoms with Gasteiger partial charge >= 0.3 is 0 Å². The molecule has 1 aromatic heterocycles. The molecule has 1 aromatic rings. The highest BCUT2D eigenvalue weighted by Gasteiger charge is 2.32. The molecule has 0 saturated heterocycles. The average Bonchev–Trinajstić information content (AvgIpc) is 2.92. The standard InChI is InChI=1S/C12H18N2O/c1-9(2)12(13)14(10-5-6-10)8-11-4-3-7-15-11/h3-4,7,9-10,13H,5-6,8H2,1-2H3. The van der Waals surface area contributed by atoms with E-state index in [2.05, 4.69) is 18.7 Å². The summed E-state index contributed by atoms with van der Waals surface area (Å²) in [6.45, 7) is 4.88. The number of furan rings is 1. The summed E-state index contributed by atoms with van der Waals surface area (Å²) in [5.41, 5.74) is 0. The Bertz CT molecular complexity index is 325. The van der Waals surface area contributed by atoms with E-state index < -0.39 is 0 Å². The summed E-state index contributed by atoms with van der Waals surface area (Å²) < 4.78 is 5.33. The van der Waals surface area contributed by atoms with Gasteiger partial charge in [0.05, 0.1) is 18.6 Å². The molecule has 1 fully saturated rings. The van der Waals surface area contributed by atoms with Crippen molar-refractivity contribution in [1.82, 2.24) is 4.90 Å². The maximum Gasteiger partial charge on any atom is 0.123 e. The van der Waals surface area contributed by atoms with E-state index in [4.69, 9.17) is 9.83 Å². The molecule has 1 aliphatic rings. The highest BCUT2D eigenvalue weighted by Crippen LogP contribution is 2.29. The van der Waals surface area contributed by atoms with E-state index in [-0.39, 0.29) is 0 Å². The molecule has 0 spiro atoms. The van der Waals surface area contributed by atoms with Crippen molar-refractivity contribution in [2.75, 3.05) is 0 Å². The van der Waals surface area contributed by atoms with Crippen LogP contribution in [0.5, 0.6) is 0 Å². The molecule has 0 radical (unpaired) electrons. The van der Waals surface area contributed by atoms with Crippen LogP contribution in [0.4, 0.5) is 0 Å². The first-order chi connectivity index (χ1) is 7.18. The summed E-state index contributed by atoms with van der Waals surface area (Å²) in [6, 6.07) is 4.45. The van der Waals surface area contributed by atoms with Gasteiger partial charge in [0, 0.05) is 12.0 Å². The van der Waals surface area contributed by atoms with Crippen molar-refractivity contribution in [3.63, 3.8) is 0 Å². The monoisotopic (exact) mass is 206 g/mol. The Balaban J connectivity index is 2.03. The van der Waals surface area contributed by atoms with Crippen LogP contribution in [0.25, 0.3) is 0 Å². The van der Waals surface area contributed by atoms with Gasteiger partial charge in [-0.25, -0.2) is 0 Å². The first-order valence-electron chi connectivity index (χ1n) is 5.56. The van der Waals surface area contributed by atoms with Crippen LogP contribution >= 0.6 is 0 Å². The minimum absolute atomic E-state index is 0.292. The first kappa shape index (κ1) is 10.3. The van der Waals surface area contributed by atoms with Gasteiger partial charge in [0.25, 0.3) is 0 Å². The number of amidine groups is 1. The number of rotatable bonds is 4. The van der Waals surface area contributed by atoms with Gasteiger partial charge in [0.1, 0.15) is 5.76 Å². The maximum atomic E-state index is 8.06. The van der Waals surface area contributed by atoms with E-state index in [9.17, 15) is 0 Å². The molecular weight excluding hydrogens is 188 g/mol. The third-order valence-corrected chi connectivity index (χ3v) is 2.75. The van der Waals surface area contributed by atoms with Crippen LogP contribution < -0.4 is 0 Å². The van der Waals surface area contributed by atoms with Gasteiger partial charge in [0.2, 0.25) is 0 Å². The van der Waals surface area contributed by atoms with Gasteiger partial charge in [-0.3, -0.25) is 5.41 Å². The lowest BCUT2D eigenvalue weighted by Gasteiger charge is -2.26. The van der Waals surface area contributed by atoms with E-state index in [1.54, 1.807) is 6.26 Å². The molecule has 0 unspecified atom stereocenters. The summed E-state index contributed by atoms with van der Waals surface area (Å²) in [5.74, 6) is 1.97. The lowest BCUT2D eigenvalue weighted by Crippen LogP contribution is -2.34. The van der Waals surface area contributed by atoms with Gasteiger partial charge in [-0.05, 0) is 25.0 Å². The van der Waals surface area contributed by atoms with Crippen LogP contribution in [0, 0.1) is 11.3 Å². The van der Waals surface area contributed by atoms with E-state index in [1.165, 1.54) is 12.8 Å². The summed E-state index contributed by atoms with van der Waals surface area (Å²) in [4.78, 5) is 2.17. The second-order valence-electron chi connectivity index (χ2n) is 4.48. The smallest absolute Gasteiger partial charge is 0.123 e. The van der Waals surface area contributed by atoms with Crippen LogP contribution in [0.1, 0.15) is 32.4 Å². The zero-order chi connectivity index (χ0) is 10.8. The predicted octanol–water partition coefficient (Wildman–Crippen LogP) is 2.88. The largest absolute Gasteiger partial charge is 0.467 e. The molecule has 1 heterocycles. The van der Waals surface area contributed by atoms with Crippen molar-refractivity contribution >= 4 is 5.84 Å². The topological polar surface area (TPSA) is 40.2 Å². The number of hydrogen-bond donors (Lipinski definition) is 1. The fraction of sp³-hybridized carbons (Fsp3) is 0.583. The third-order valence-electron chi connectivity index (χ3n) is 2.75. The van der Waals surface area contributed by atoms with Crippen molar-refractivity contribution in [3.05, 3.63) is 24.2 Å². The van der Waals surface area contributed by atoms with Crippen LogP contribution in [0.2, 0.25) is 0 Å². The Hall–Kier alpha value is -1.25. The molecule has 1 saturated carbocycles. The van der Waals surface area contributed by atoms with Crippen LogP contribution in [0.15, 0.2) is 22.8 Å². The van der Waals surface area contributed by atoms with Crippen molar-refractivity contribution in [1.29, 1.82) is 5.41 Å². The van der Waals surface area contributed by atoms with Gasteiger partial charge in [0.15, 0.2) is 0 Å². The van der Waals surface area contributed by atoms with Gasteiger partial charge < -0.3 is 9.32 Å². The minimum Gasteiger partial charge on any atom is -0.467 e. The minimum atomic E-state index is 0.292. The molecule has 82 valence electrons. The normalized spacial score (nSPS) is 15.7. The van der Waals surface area contributed by atoms with Crippen molar-refractivity contribution in [3.8, 4) is 0 Å².